The van der Waals surface area contributed by atoms with Gasteiger partial charge >= 0.3 is 5.97 Å². The zero-order valence-electron chi connectivity index (χ0n) is 12.0. The molecule has 0 aromatic heterocycles. The van der Waals surface area contributed by atoms with Gasteiger partial charge in [0.2, 0.25) is 0 Å². The van der Waals surface area contributed by atoms with Crippen molar-refractivity contribution in [1.82, 2.24) is 0 Å². The summed E-state index contributed by atoms with van der Waals surface area (Å²) >= 11 is 0. The van der Waals surface area contributed by atoms with Gasteiger partial charge in [0.15, 0.2) is 0 Å². The van der Waals surface area contributed by atoms with Gasteiger partial charge in [0.1, 0.15) is 0 Å². The van der Waals surface area contributed by atoms with Crippen molar-refractivity contribution in [1.29, 1.82) is 0 Å². The van der Waals surface area contributed by atoms with Gasteiger partial charge in [-0.05, 0) is 25.7 Å². The van der Waals surface area contributed by atoms with Gasteiger partial charge in [-0.1, -0.05) is 45.4 Å². The zero-order chi connectivity index (χ0) is 13.4. The van der Waals surface area contributed by atoms with Crippen LogP contribution in [0.3, 0.4) is 0 Å². The average Bonchev–Trinajstić information content (AvgIpc) is 2.39. The Morgan fingerprint density at radius 1 is 1.28 bits per heavy atom. The van der Waals surface area contributed by atoms with Gasteiger partial charge in [-0.25, -0.2) is 0 Å². The minimum absolute atomic E-state index is 0.0695. The number of hydrogen-bond donors (Lipinski definition) is 1. The van der Waals surface area contributed by atoms with E-state index in [1.807, 2.05) is 6.92 Å². The summed E-state index contributed by atoms with van der Waals surface area (Å²) in [5.74, 6) is 0.596. The van der Waals surface area contributed by atoms with Crippen molar-refractivity contribution in [2.75, 3.05) is 13.2 Å². The number of hydrogen-bond acceptors (Lipinski definition) is 3. The van der Waals surface area contributed by atoms with Crippen LogP contribution in [0.5, 0.6) is 0 Å². The van der Waals surface area contributed by atoms with Gasteiger partial charge in [0.25, 0.3) is 0 Å². The third-order valence-corrected chi connectivity index (χ3v) is 4.23. The van der Waals surface area contributed by atoms with Crippen molar-refractivity contribution < 1.29 is 9.53 Å². The highest BCUT2D eigenvalue weighted by Gasteiger charge is 2.39. The molecule has 1 rings (SSSR count). The van der Waals surface area contributed by atoms with Crippen molar-refractivity contribution in [2.45, 2.75) is 65.2 Å². The van der Waals surface area contributed by atoms with Crippen LogP contribution in [0.4, 0.5) is 0 Å². The van der Waals surface area contributed by atoms with Crippen LogP contribution in [0.25, 0.3) is 0 Å². The van der Waals surface area contributed by atoms with Crippen molar-refractivity contribution in [3.05, 3.63) is 0 Å². The van der Waals surface area contributed by atoms with E-state index in [2.05, 4.69) is 6.92 Å². The van der Waals surface area contributed by atoms with E-state index >= 15 is 0 Å². The summed E-state index contributed by atoms with van der Waals surface area (Å²) in [5, 5.41) is 0. The first-order chi connectivity index (χ1) is 8.68. The maximum atomic E-state index is 12.3. The predicted molar refractivity (Wildman–Crippen MR) is 74.2 cm³/mol. The molecule has 1 atom stereocenters. The van der Waals surface area contributed by atoms with Crippen LogP contribution in [0, 0.1) is 11.3 Å². The van der Waals surface area contributed by atoms with E-state index in [0.717, 1.165) is 19.3 Å². The van der Waals surface area contributed by atoms with E-state index < -0.39 is 5.41 Å². The Bertz CT molecular complexity index is 249. The molecule has 0 radical (unpaired) electrons. The molecule has 1 fully saturated rings. The van der Waals surface area contributed by atoms with Crippen LogP contribution < -0.4 is 5.73 Å². The Morgan fingerprint density at radius 3 is 2.44 bits per heavy atom. The lowest BCUT2D eigenvalue weighted by molar-refractivity contribution is -0.156. The molecule has 0 spiro atoms. The second-order valence-electron chi connectivity index (χ2n) is 5.66. The molecule has 1 saturated carbocycles. The van der Waals surface area contributed by atoms with Crippen molar-refractivity contribution in [2.24, 2.45) is 17.1 Å². The Labute approximate surface area is 111 Å². The molecular formula is C15H29NO2. The lowest BCUT2D eigenvalue weighted by Crippen LogP contribution is -2.42. The van der Waals surface area contributed by atoms with Crippen LogP contribution in [0.2, 0.25) is 0 Å². The molecule has 18 heavy (non-hydrogen) atoms. The first-order valence-electron chi connectivity index (χ1n) is 7.55. The highest BCUT2D eigenvalue weighted by molar-refractivity contribution is 5.77. The van der Waals surface area contributed by atoms with Gasteiger partial charge in [0, 0.05) is 6.54 Å². The molecular weight excluding hydrogens is 226 g/mol. The number of ether oxygens (including phenoxy) is 1. The van der Waals surface area contributed by atoms with Crippen LogP contribution in [-0.2, 0) is 9.53 Å². The summed E-state index contributed by atoms with van der Waals surface area (Å²) in [6.45, 7) is 4.86. The average molecular weight is 255 g/mol. The van der Waals surface area contributed by atoms with Crippen molar-refractivity contribution in [3.63, 3.8) is 0 Å². The molecule has 1 aliphatic rings. The number of esters is 1. The van der Waals surface area contributed by atoms with Gasteiger partial charge in [-0.15, -0.1) is 0 Å². The molecule has 0 aliphatic heterocycles. The maximum Gasteiger partial charge on any atom is 0.313 e. The smallest absolute Gasteiger partial charge is 0.313 e. The number of rotatable bonds is 7. The second kappa shape index (κ2) is 7.78. The summed E-state index contributed by atoms with van der Waals surface area (Å²) in [5.41, 5.74) is 5.52. The van der Waals surface area contributed by atoms with E-state index in [-0.39, 0.29) is 5.97 Å². The summed E-state index contributed by atoms with van der Waals surface area (Å²) in [4.78, 5) is 12.3. The maximum absolute atomic E-state index is 12.3. The topological polar surface area (TPSA) is 52.3 Å². The molecule has 1 unspecified atom stereocenters. The largest absolute Gasteiger partial charge is 0.466 e. The van der Waals surface area contributed by atoms with E-state index in [9.17, 15) is 4.79 Å². The normalized spacial score (nSPS) is 20.4. The van der Waals surface area contributed by atoms with Gasteiger partial charge in [0.05, 0.1) is 12.0 Å². The highest BCUT2D eigenvalue weighted by Crippen LogP contribution is 2.38. The standard InChI is InChI=1S/C15H29NO2/c1-3-10-15(12-16,14(17)18-4-2)11-13-8-6-5-7-9-13/h13H,3-12,16H2,1-2H3. The third-order valence-electron chi connectivity index (χ3n) is 4.23. The van der Waals surface area contributed by atoms with Crippen molar-refractivity contribution in [3.8, 4) is 0 Å². The molecule has 106 valence electrons. The van der Waals surface area contributed by atoms with Crippen molar-refractivity contribution >= 4 is 5.97 Å². The molecule has 0 heterocycles. The lowest BCUT2D eigenvalue weighted by atomic mass is 9.72. The number of nitrogens with two attached hydrogens (primary N) is 1. The third kappa shape index (κ3) is 3.98. The van der Waals surface area contributed by atoms with E-state index in [1.54, 1.807) is 0 Å². The zero-order valence-corrected chi connectivity index (χ0v) is 12.0. The Morgan fingerprint density at radius 2 is 1.94 bits per heavy atom. The molecule has 0 aromatic carbocycles. The summed E-state index contributed by atoms with van der Waals surface area (Å²) < 4.78 is 5.27. The first-order valence-corrected chi connectivity index (χ1v) is 7.55. The molecule has 0 bridgehead atoms. The fraction of sp³-hybridized carbons (Fsp3) is 0.933. The fourth-order valence-electron chi connectivity index (χ4n) is 3.26. The fourth-order valence-corrected chi connectivity index (χ4v) is 3.26. The highest BCUT2D eigenvalue weighted by atomic mass is 16.5. The van der Waals surface area contributed by atoms with Crippen LogP contribution >= 0.6 is 0 Å². The minimum Gasteiger partial charge on any atom is -0.466 e. The van der Waals surface area contributed by atoms with E-state index in [0.29, 0.717) is 19.1 Å². The molecule has 0 amide bonds. The van der Waals surface area contributed by atoms with E-state index in [1.165, 1.54) is 32.1 Å². The number of carbonyl (C=O) groups excluding carboxylic acids is 1. The van der Waals surface area contributed by atoms with Gasteiger partial charge < -0.3 is 10.5 Å². The Kier molecular flexibility index (Phi) is 6.69. The molecule has 1 aliphatic carbocycles. The minimum atomic E-state index is -0.424. The summed E-state index contributed by atoms with van der Waals surface area (Å²) in [6, 6.07) is 0. The van der Waals surface area contributed by atoms with Crippen LogP contribution in [0.1, 0.15) is 65.2 Å². The quantitative estimate of drug-likeness (QED) is 0.710. The SMILES string of the molecule is CCCC(CN)(CC1CCCCC1)C(=O)OCC. The van der Waals surface area contributed by atoms with Crippen LogP contribution in [0.15, 0.2) is 0 Å². The monoisotopic (exact) mass is 255 g/mol. The predicted octanol–water partition coefficient (Wildman–Crippen LogP) is 3.27. The summed E-state index contributed by atoms with van der Waals surface area (Å²) in [7, 11) is 0. The summed E-state index contributed by atoms with van der Waals surface area (Å²) in [6.07, 6.45) is 9.24. The molecule has 3 heteroatoms. The number of carbonyl (C=O) groups is 1. The van der Waals surface area contributed by atoms with Crippen LogP contribution in [-0.4, -0.2) is 19.1 Å². The van der Waals surface area contributed by atoms with Gasteiger partial charge in [-0.2, -0.15) is 0 Å². The molecule has 0 saturated heterocycles. The molecule has 3 nitrogen and oxygen atoms in total. The lowest BCUT2D eigenvalue weighted by Gasteiger charge is -2.34. The molecule has 2 N–H and O–H groups in total. The van der Waals surface area contributed by atoms with E-state index in [4.69, 9.17) is 10.5 Å². The Hall–Kier alpha value is -0.570. The molecule has 0 aromatic rings. The van der Waals surface area contributed by atoms with Gasteiger partial charge in [-0.3, -0.25) is 4.79 Å². The Balaban J connectivity index is 2.70. The first kappa shape index (κ1) is 15.5. The second-order valence-corrected chi connectivity index (χ2v) is 5.66.